The van der Waals surface area contributed by atoms with Crippen LogP contribution in [0.15, 0.2) is 42.6 Å². The lowest BCUT2D eigenvalue weighted by Gasteiger charge is -2.32. The fraction of sp³-hybridized carbons (Fsp3) is 0.421. The first kappa shape index (κ1) is 16.4. The Kier molecular flexibility index (Phi) is 5.41. The number of anilines is 2. The lowest BCUT2D eigenvalue weighted by atomic mass is 9.93. The van der Waals surface area contributed by atoms with E-state index in [-0.39, 0.29) is 5.91 Å². The molecule has 0 bridgehead atoms. The number of piperidine rings is 1. The summed E-state index contributed by atoms with van der Waals surface area (Å²) >= 11 is 0. The summed E-state index contributed by atoms with van der Waals surface area (Å²) in [6.07, 6.45) is 5.50. The number of hydrogen-bond acceptors (Lipinski definition) is 4. The monoisotopic (exact) mass is 324 g/mol. The van der Waals surface area contributed by atoms with E-state index in [0.717, 1.165) is 49.7 Å². The number of carbonyl (C=O) groups is 1. The Morgan fingerprint density at radius 3 is 2.92 bits per heavy atom. The Bertz CT molecular complexity index is 674. The largest absolute Gasteiger partial charge is 0.342 e. The molecule has 1 aliphatic rings. The van der Waals surface area contributed by atoms with Crippen molar-refractivity contribution < 1.29 is 4.79 Å². The molecule has 126 valence electrons. The van der Waals surface area contributed by atoms with Crippen LogP contribution >= 0.6 is 0 Å². The zero-order valence-electron chi connectivity index (χ0n) is 14.1. The molecule has 1 aliphatic heterocycles. The van der Waals surface area contributed by atoms with Crippen LogP contribution in [0.25, 0.3) is 0 Å². The molecule has 1 N–H and O–H groups in total. The highest BCUT2D eigenvalue weighted by molar-refractivity contribution is 5.75. The molecule has 24 heavy (non-hydrogen) atoms. The minimum Gasteiger partial charge on any atom is -0.342 e. The maximum Gasteiger partial charge on any atom is 0.222 e. The SMILES string of the molecule is CCC(=O)N1CCC[C@H](Cc2cccc(Nc3ccccn3)n2)C1. The van der Waals surface area contributed by atoms with E-state index >= 15 is 0 Å². The molecule has 2 aromatic heterocycles. The van der Waals surface area contributed by atoms with Crippen LogP contribution < -0.4 is 5.32 Å². The third-order valence-electron chi connectivity index (χ3n) is 4.40. The van der Waals surface area contributed by atoms with E-state index in [1.165, 1.54) is 0 Å². The van der Waals surface area contributed by atoms with Crippen molar-refractivity contribution in [1.29, 1.82) is 0 Å². The maximum atomic E-state index is 11.9. The van der Waals surface area contributed by atoms with Gasteiger partial charge in [0.15, 0.2) is 0 Å². The van der Waals surface area contributed by atoms with Gasteiger partial charge in [-0.1, -0.05) is 19.1 Å². The predicted molar refractivity (Wildman–Crippen MR) is 95.1 cm³/mol. The van der Waals surface area contributed by atoms with Crippen LogP contribution in [0.4, 0.5) is 11.6 Å². The van der Waals surface area contributed by atoms with Crippen molar-refractivity contribution in [3.63, 3.8) is 0 Å². The van der Waals surface area contributed by atoms with E-state index in [4.69, 9.17) is 4.98 Å². The van der Waals surface area contributed by atoms with E-state index in [9.17, 15) is 4.79 Å². The summed E-state index contributed by atoms with van der Waals surface area (Å²) in [6.45, 7) is 3.68. The molecule has 0 aliphatic carbocycles. The molecule has 1 fully saturated rings. The van der Waals surface area contributed by atoms with Gasteiger partial charge in [-0.25, -0.2) is 9.97 Å². The average Bonchev–Trinajstić information content (AvgIpc) is 2.62. The number of likely N-dealkylation sites (tertiary alicyclic amines) is 1. The van der Waals surface area contributed by atoms with E-state index < -0.39 is 0 Å². The second-order valence-electron chi connectivity index (χ2n) is 6.26. The van der Waals surface area contributed by atoms with Crippen LogP contribution in [0.5, 0.6) is 0 Å². The second-order valence-corrected chi connectivity index (χ2v) is 6.26. The van der Waals surface area contributed by atoms with E-state index in [2.05, 4.69) is 16.4 Å². The van der Waals surface area contributed by atoms with Crippen LogP contribution in [0.3, 0.4) is 0 Å². The molecule has 1 saturated heterocycles. The smallest absolute Gasteiger partial charge is 0.222 e. The Hall–Kier alpha value is -2.43. The van der Waals surface area contributed by atoms with Gasteiger partial charge < -0.3 is 10.2 Å². The van der Waals surface area contributed by atoms with E-state index in [0.29, 0.717) is 12.3 Å². The normalized spacial score (nSPS) is 17.5. The van der Waals surface area contributed by atoms with Crippen molar-refractivity contribution >= 4 is 17.5 Å². The highest BCUT2D eigenvalue weighted by atomic mass is 16.2. The summed E-state index contributed by atoms with van der Waals surface area (Å²) in [7, 11) is 0. The highest BCUT2D eigenvalue weighted by Crippen LogP contribution is 2.21. The van der Waals surface area contributed by atoms with Gasteiger partial charge in [-0.15, -0.1) is 0 Å². The summed E-state index contributed by atoms with van der Waals surface area (Å²) in [5, 5.41) is 3.23. The zero-order chi connectivity index (χ0) is 16.8. The predicted octanol–water partition coefficient (Wildman–Crippen LogP) is 3.41. The van der Waals surface area contributed by atoms with Gasteiger partial charge in [-0.3, -0.25) is 4.79 Å². The highest BCUT2D eigenvalue weighted by Gasteiger charge is 2.23. The summed E-state index contributed by atoms with van der Waals surface area (Å²) in [6, 6.07) is 11.8. The van der Waals surface area contributed by atoms with Crippen LogP contribution in [0, 0.1) is 5.92 Å². The summed E-state index contributed by atoms with van der Waals surface area (Å²) in [5.41, 5.74) is 1.06. The van der Waals surface area contributed by atoms with Gasteiger partial charge in [0, 0.05) is 31.4 Å². The third-order valence-corrected chi connectivity index (χ3v) is 4.40. The molecule has 1 amide bonds. The molecule has 5 nitrogen and oxygen atoms in total. The molecule has 0 spiro atoms. The summed E-state index contributed by atoms with van der Waals surface area (Å²) in [4.78, 5) is 22.9. The molecule has 0 aromatic carbocycles. The molecule has 0 unspecified atom stereocenters. The van der Waals surface area contributed by atoms with Gasteiger partial charge in [-0.2, -0.15) is 0 Å². The molecule has 3 heterocycles. The fourth-order valence-corrected chi connectivity index (χ4v) is 3.21. The molecule has 0 saturated carbocycles. The Balaban J connectivity index is 1.63. The molecule has 5 heteroatoms. The van der Waals surface area contributed by atoms with Gasteiger partial charge in [0.25, 0.3) is 0 Å². The lowest BCUT2D eigenvalue weighted by Crippen LogP contribution is -2.40. The van der Waals surface area contributed by atoms with Crippen molar-refractivity contribution in [2.75, 3.05) is 18.4 Å². The van der Waals surface area contributed by atoms with Crippen LogP contribution in [-0.4, -0.2) is 33.9 Å². The van der Waals surface area contributed by atoms with Crippen molar-refractivity contribution in [2.45, 2.75) is 32.6 Å². The molecule has 1 atom stereocenters. The van der Waals surface area contributed by atoms with Crippen molar-refractivity contribution in [3.05, 3.63) is 48.3 Å². The number of aromatic nitrogens is 2. The van der Waals surface area contributed by atoms with Crippen LogP contribution in [-0.2, 0) is 11.2 Å². The first-order valence-electron chi connectivity index (χ1n) is 8.66. The first-order chi connectivity index (χ1) is 11.7. The number of nitrogens with one attached hydrogen (secondary N) is 1. The molecule has 3 rings (SSSR count). The van der Waals surface area contributed by atoms with E-state index in [1.54, 1.807) is 6.20 Å². The van der Waals surface area contributed by atoms with Gasteiger partial charge in [0.05, 0.1) is 0 Å². The van der Waals surface area contributed by atoms with Crippen LogP contribution in [0.1, 0.15) is 31.9 Å². The lowest BCUT2D eigenvalue weighted by molar-refractivity contribution is -0.132. The van der Waals surface area contributed by atoms with Gasteiger partial charge in [0.2, 0.25) is 5.91 Å². The maximum absolute atomic E-state index is 11.9. The summed E-state index contributed by atoms with van der Waals surface area (Å²) < 4.78 is 0. The Labute approximate surface area is 143 Å². The number of carbonyl (C=O) groups excluding carboxylic acids is 1. The Morgan fingerprint density at radius 1 is 1.25 bits per heavy atom. The molecular formula is C19H24N4O. The molecule has 2 aromatic rings. The second kappa shape index (κ2) is 7.90. The van der Waals surface area contributed by atoms with Crippen molar-refractivity contribution in [2.24, 2.45) is 5.92 Å². The number of pyridine rings is 2. The minimum absolute atomic E-state index is 0.262. The topological polar surface area (TPSA) is 58.1 Å². The quantitative estimate of drug-likeness (QED) is 0.915. The standard InChI is InChI=1S/C19H24N4O/c1-2-19(24)23-12-6-7-15(14-23)13-16-8-5-10-18(21-16)22-17-9-3-4-11-20-17/h3-5,8-11,15H,2,6-7,12-14H2,1H3,(H,20,21,22)/t15-/m1/s1. The minimum atomic E-state index is 0.262. The first-order valence-corrected chi connectivity index (χ1v) is 8.66. The van der Waals surface area contributed by atoms with Gasteiger partial charge in [0.1, 0.15) is 11.6 Å². The molecular weight excluding hydrogens is 300 g/mol. The number of nitrogens with zero attached hydrogens (tertiary/aromatic N) is 3. The average molecular weight is 324 g/mol. The van der Waals surface area contributed by atoms with Crippen LogP contribution in [0.2, 0.25) is 0 Å². The number of hydrogen-bond donors (Lipinski definition) is 1. The Morgan fingerprint density at radius 2 is 2.12 bits per heavy atom. The van der Waals surface area contributed by atoms with Crippen molar-refractivity contribution in [3.8, 4) is 0 Å². The van der Waals surface area contributed by atoms with Gasteiger partial charge >= 0.3 is 0 Å². The fourth-order valence-electron chi connectivity index (χ4n) is 3.21. The summed E-state index contributed by atoms with van der Waals surface area (Å²) in [5.74, 6) is 2.35. The number of amides is 1. The molecule has 0 radical (unpaired) electrons. The third kappa shape index (κ3) is 4.31. The van der Waals surface area contributed by atoms with Gasteiger partial charge in [-0.05, 0) is 49.4 Å². The van der Waals surface area contributed by atoms with Crippen molar-refractivity contribution in [1.82, 2.24) is 14.9 Å². The number of rotatable bonds is 5. The van der Waals surface area contributed by atoms with E-state index in [1.807, 2.05) is 42.2 Å². The zero-order valence-corrected chi connectivity index (χ0v) is 14.1.